The van der Waals surface area contributed by atoms with Gasteiger partial charge in [-0.3, -0.25) is 0 Å². The Labute approximate surface area is 113 Å². The first-order valence-electron chi connectivity index (χ1n) is 6.65. The molecule has 0 atom stereocenters. The minimum Gasteiger partial charge on any atom is -0.330 e. The summed E-state index contributed by atoms with van der Waals surface area (Å²) in [4.78, 5) is 0. The Hall–Kier alpha value is -0.130. The third-order valence-electron chi connectivity index (χ3n) is 2.95. The summed E-state index contributed by atoms with van der Waals surface area (Å²) in [7, 11) is -3.15. The Morgan fingerprint density at radius 1 is 1.06 bits per heavy atom. The predicted octanol–water partition coefficient (Wildman–Crippen LogP) is 2.11. The van der Waals surface area contributed by atoms with Gasteiger partial charge >= 0.3 is 0 Å². The first-order valence-corrected chi connectivity index (χ1v) is 8.30. The molecule has 3 N–H and O–H groups in total. The third kappa shape index (κ3) is 9.85. The fourth-order valence-electron chi connectivity index (χ4n) is 1.49. The SMILES string of the molecule is CC(C)(C)CCS(=O)(=O)NCC(C)(C)CCCN. The Balaban J connectivity index is 4.18. The molecular weight excluding hydrogens is 248 g/mol. The maximum Gasteiger partial charge on any atom is 0.211 e. The lowest BCUT2D eigenvalue weighted by atomic mass is 9.88. The molecule has 110 valence electrons. The topological polar surface area (TPSA) is 72.2 Å². The van der Waals surface area contributed by atoms with Gasteiger partial charge in [-0.15, -0.1) is 0 Å². The second kappa shape index (κ2) is 6.87. The molecule has 0 spiro atoms. The van der Waals surface area contributed by atoms with Crippen LogP contribution in [0.15, 0.2) is 0 Å². The fourth-order valence-corrected chi connectivity index (χ4v) is 3.12. The van der Waals surface area contributed by atoms with Crippen molar-refractivity contribution < 1.29 is 8.42 Å². The first-order chi connectivity index (χ1) is 7.97. The number of nitrogens with two attached hydrogens (primary N) is 1. The van der Waals surface area contributed by atoms with Crippen LogP contribution in [0.5, 0.6) is 0 Å². The Morgan fingerprint density at radius 3 is 2.06 bits per heavy atom. The van der Waals surface area contributed by atoms with Crippen molar-refractivity contribution in [2.45, 2.75) is 53.9 Å². The third-order valence-corrected chi connectivity index (χ3v) is 4.27. The van der Waals surface area contributed by atoms with Gasteiger partial charge in [0.2, 0.25) is 10.0 Å². The highest BCUT2D eigenvalue weighted by molar-refractivity contribution is 7.89. The molecule has 0 aromatic rings. The molecule has 5 heteroatoms. The highest BCUT2D eigenvalue weighted by Crippen LogP contribution is 2.22. The van der Waals surface area contributed by atoms with E-state index in [9.17, 15) is 8.42 Å². The fraction of sp³-hybridized carbons (Fsp3) is 1.00. The monoisotopic (exact) mass is 278 g/mol. The van der Waals surface area contributed by atoms with Gasteiger partial charge in [0.25, 0.3) is 0 Å². The summed E-state index contributed by atoms with van der Waals surface area (Å²) in [5.74, 6) is 0.198. The molecule has 0 fully saturated rings. The second-order valence-corrected chi connectivity index (χ2v) is 8.93. The van der Waals surface area contributed by atoms with E-state index >= 15 is 0 Å². The maximum absolute atomic E-state index is 11.9. The number of hydrogen-bond donors (Lipinski definition) is 2. The molecule has 18 heavy (non-hydrogen) atoms. The molecule has 4 nitrogen and oxygen atoms in total. The van der Waals surface area contributed by atoms with Gasteiger partial charge in [-0.1, -0.05) is 34.6 Å². The van der Waals surface area contributed by atoms with E-state index < -0.39 is 10.0 Å². The average Bonchev–Trinajstić information content (AvgIpc) is 2.21. The van der Waals surface area contributed by atoms with E-state index in [0.29, 0.717) is 19.5 Å². The molecule has 0 rings (SSSR count). The van der Waals surface area contributed by atoms with Gasteiger partial charge in [0.15, 0.2) is 0 Å². The van der Waals surface area contributed by atoms with Crippen molar-refractivity contribution in [1.82, 2.24) is 4.72 Å². The van der Waals surface area contributed by atoms with E-state index in [4.69, 9.17) is 5.73 Å². The summed E-state index contributed by atoms with van der Waals surface area (Å²) in [6.07, 6.45) is 2.54. The van der Waals surface area contributed by atoms with Crippen LogP contribution < -0.4 is 10.5 Å². The molecule has 0 aliphatic carbocycles. The maximum atomic E-state index is 11.9. The van der Waals surface area contributed by atoms with E-state index in [1.165, 1.54) is 0 Å². The number of sulfonamides is 1. The van der Waals surface area contributed by atoms with E-state index in [2.05, 4.69) is 18.6 Å². The van der Waals surface area contributed by atoms with Crippen molar-refractivity contribution in [2.24, 2.45) is 16.6 Å². The van der Waals surface area contributed by atoms with Crippen LogP contribution in [0.3, 0.4) is 0 Å². The zero-order valence-electron chi connectivity index (χ0n) is 12.5. The summed E-state index contributed by atoms with van der Waals surface area (Å²) in [6, 6.07) is 0. The van der Waals surface area contributed by atoms with E-state index in [1.54, 1.807) is 0 Å². The molecule has 0 bridgehead atoms. The molecular formula is C13H30N2O2S. The van der Waals surface area contributed by atoms with Crippen molar-refractivity contribution in [3.8, 4) is 0 Å². The summed E-state index contributed by atoms with van der Waals surface area (Å²) in [5, 5.41) is 0. The zero-order valence-corrected chi connectivity index (χ0v) is 13.4. The van der Waals surface area contributed by atoms with E-state index in [-0.39, 0.29) is 16.6 Å². The summed E-state index contributed by atoms with van der Waals surface area (Å²) in [6.45, 7) is 11.4. The quantitative estimate of drug-likeness (QED) is 0.714. The van der Waals surface area contributed by atoms with Crippen molar-refractivity contribution in [1.29, 1.82) is 0 Å². The molecule has 0 radical (unpaired) electrons. The van der Waals surface area contributed by atoms with Crippen LogP contribution in [-0.4, -0.2) is 27.3 Å². The van der Waals surface area contributed by atoms with Crippen molar-refractivity contribution in [3.05, 3.63) is 0 Å². The van der Waals surface area contributed by atoms with Gasteiger partial charge in [-0.2, -0.15) is 0 Å². The smallest absolute Gasteiger partial charge is 0.211 e. The van der Waals surface area contributed by atoms with E-state index in [1.807, 2.05) is 20.8 Å². The van der Waals surface area contributed by atoms with Crippen LogP contribution in [0.4, 0.5) is 0 Å². The molecule has 0 aromatic carbocycles. The van der Waals surface area contributed by atoms with Crippen LogP contribution in [0.1, 0.15) is 53.9 Å². The molecule has 0 heterocycles. The van der Waals surface area contributed by atoms with Gasteiger partial charge < -0.3 is 5.73 Å². The van der Waals surface area contributed by atoms with Crippen LogP contribution in [0.25, 0.3) is 0 Å². The largest absolute Gasteiger partial charge is 0.330 e. The lowest BCUT2D eigenvalue weighted by Crippen LogP contribution is -2.36. The Bertz CT molecular complexity index is 329. The number of nitrogens with one attached hydrogen (secondary N) is 1. The average molecular weight is 278 g/mol. The van der Waals surface area contributed by atoms with Crippen LogP contribution >= 0.6 is 0 Å². The van der Waals surface area contributed by atoms with Gasteiger partial charge in [-0.25, -0.2) is 13.1 Å². The predicted molar refractivity (Wildman–Crippen MR) is 77.9 cm³/mol. The molecule has 0 unspecified atom stereocenters. The van der Waals surface area contributed by atoms with Crippen molar-refractivity contribution in [3.63, 3.8) is 0 Å². The van der Waals surface area contributed by atoms with Gasteiger partial charge in [0.1, 0.15) is 0 Å². The van der Waals surface area contributed by atoms with Crippen molar-refractivity contribution >= 4 is 10.0 Å². The summed E-state index contributed by atoms with van der Waals surface area (Å²) in [5.41, 5.74) is 5.49. The van der Waals surface area contributed by atoms with Gasteiger partial charge in [0.05, 0.1) is 5.75 Å². The van der Waals surface area contributed by atoms with Crippen LogP contribution in [-0.2, 0) is 10.0 Å². The molecule has 0 aromatic heterocycles. The summed E-state index contributed by atoms with van der Waals surface area (Å²) >= 11 is 0. The number of hydrogen-bond acceptors (Lipinski definition) is 3. The molecule has 0 saturated carbocycles. The highest BCUT2D eigenvalue weighted by Gasteiger charge is 2.22. The van der Waals surface area contributed by atoms with Crippen LogP contribution in [0.2, 0.25) is 0 Å². The zero-order chi connectivity index (χ0) is 14.4. The second-order valence-electron chi connectivity index (χ2n) is 7.01. The van der Waals surface area contributed by atoms with Gasteiger partial charge in [-0.05, 0) is 36.6 Å². The van der Waals surface area contributed by atoms with Crippen molar-refractivity contribution in [2.75, 3.05) is 18.8 Å². The van der Waals surface area contributed by atoms with E-state index in [0.717, 1.165) is 12.8 Å². The van der Waals surface area contributed by atoms with Crippen LogP contribution in [0, 0.1) is 10.8 Å². The minimum atomic E-state index is -3.15. The lowest BCUT2D eigenvalue weighted by molar-refractivity contribution is 0.326. The lowest BCUT2D eigenvalue weighted by Gasteiger charge is -2.25. The highest BCUT2D eigenvalue weighted by atomic mass is 32.2. The Morgan fingerprint density at radius 2 is 1.61 bits per heavy atom. The minimum absolute atomic E-state index is 0.0336. The molecule has 0 saturated heterocycles. The van der Waals surface area contributed by atoms with Gasteiger partial charge in [0, 0.05) is 6.54 Å². The first kappa shape index (κ1) is 17.9. The normalized spacial score (nSPS) is 13.9. The molecule has 0 aliphatic rings. The summed E-state index contributed by atoms with van der Waals surface area (Å²) < 4.78 is 26.4. The standard InChI is InChI=1S/C13H30N2O2S/c1-12(2,3)8-10-18(16,17)15-11-13(4,5)7-6-9-14/h15H,6-11,14H2,1-5H3. The number of rotatable bonds is 8. The molecule has 0 aliphatic heterocycles. The molecule has 0 amide bonds. The Kier molecular flexibility index (Phi) is 6.82.